The number of aromatic nitrogens is 2. The number of carbonyl (C=O) groups excluding carboxylic acids is 1. The molecular formula is C21H35N5O. The molecule has 0 radical (unpaired) electrons. The molecule has 4 rings (SSSR count). The number of piperidine rings is 2. The number of nitrogens with one attached hydrogen (secondary N) is 2. The van der Waals surface area contributed by atoms with Crippen molar-refractivity contribution in [1.29, 1.82) is 0 Å². The molecular weight excluding hydrogens is 338 g/mol. The van der Waals surface area contributed by atoms with Crippen molar-refractivity contribution < 1.29 is 4.79 Å². The number of nitrogens with zero attached hydrogens (tertiary/aromatic N) is 3. The average molecular weight is 374 g/mol. The van der Waals surface area contributed by atoms with Crippen LogP contribution < -0.4 is 10.6 Å². The molecule has 2 N–H and O–H groups in total. The van der Waals surface area contributed by atoms with Gasteiger partial charge in [0.2, 0.25) is 5.91 Å². The van der Waals surface area contributed by atoms with Crippen LogP contribution in [0.3, 0.4) is 0 Å². The Hall–Kier alpha value is -1.40. The molecule has 3 fully saturated rings. The molecule has 2 saturated heterocycles. The van der Waals surface area contributed by atoms with Crippen LogP contribution in [0.15, 0.2) is 12.4 Å². The minimum atomic E-state index is 0.0390. The van der Waals surface area contributed by atoms with E-state index in [9.17, 15) is 4.79 Å². The molecule has 1 aromatic heterocycles. The van der Waals surface area contributed by atoms with Gasteiger partial charge < -0.3 is 15.5 Å². The van der Waals surface area contributed by atoms with Crippen molar-refractivity contribution >= 4 is 5.91 Å². The van der Waals surface area contributed by atoms with Crippen molar-refractivity contribution in [2.75, 3.05) is 13.1 Å². The molecule has 0 spiro atoms. The minimum absolute atomic E-state index is 0.0390. The van der Waals surface area contributed by atoms with Gasteiger partial charge in [-0.15, -0.1) is 0 Å². The Kier molecular flexibility index (Phi) is 5.83. The third-order valence-corrected chi connectivity index (χ3v) is 6.89. The number of aryl methyl sites for hydroxylation is 1. The normalized spacial score (nSPS) is 33.8. The summed E-state index contributed by atoms with van der Waals surface area (Å²) >= 11 is 0. The van der Waals surface area contributed by atoms with Crippen molar-refractivity contribution in [3.05, 3.63) is 18.0 Å². The van der Waals surface area contributed by atoms with Gasteiger partial charge in [0.25, 0.3) is 0 Å². The van der Waals surface area contributed by atoms with Gasteiger partial charge >= 0.3 is 0 Å². The largest absolute Gasteiger partial charge is 0.348 e. The highest BCUT2D eigenvalue weighted by molar-refractivity contribution is 5.77. The lowest BCUT2D eigenvalue weighted by atomic mass is 9.85. The zero-order chi connectivity index (χ0) is 18.8. The van der Waals surface area contributed by atoms with Crippen LogP contribution in [-0.2, 0) is 11.8 Å². The van der Waals surface area contributed by atoms with Gasteiger partial charge in [-0.25, -0.2) is 0 Å². The fourth-order valence-electron chi connectivity index (χ4n) is 5.36. The van der Waals surface area contributed by atoms with Crippen LogP contribution in [0.2, 0.25) is 0 Å². The fraction of sp³-hybridized carbons (Fsp3) is 0.810. The number of amides is 1. The summed E-state index contributed by atoms with van der Waals surface area (Å²) in [6, 6.07) is 1.71. The number of hydrogen-bond acceptors (Lipinski definition) is 4. The van der Waals surface area contributed by atoms with Gasteiger partial charge in [0.15, 0.2) is 0 Å². The highest BCUT2D eigenvalue weighted by Crippen LogP contribution is 2.30. The van der Waals surface area contributed by atoms with Crippen LogP contribution in [0.4, 0.5) is 0 Å². The first-order valence-electron chi connectivity index (χ1n) is 10.9. The summed E-state index contributed by atoms with van der Waals surface area (Å²) in [4.78, 5) is 14.7. The molecule has 1 amide bonds. The topological polar surface area (TPSA) is 62.2 Å². The van der Waals surface area contributed by atoms with Crippen LogP contribution >= 0.6 is 0 Å². The molecule has 0 aromatic carbocycles. The summed E-state index contributed by atoms with van der Waals surface area (Å²) in [5.74, 6) is 1.05. The molecule has 0 unspecified atom stereocenters. The van der Waals surface area contributed by atoms with Crippen LogP contribution in [0.25, 0.3) is 0 Å². The van der Waals surface area contributed by atoms with E-state index in [0.29, 0.717) is 18.5 Å². The summed E-state index contributed by atoms with van der Waals surface area (Å²) in [5.41, 5.74) is 1.11. The maximum Gasteiger partial charge on any atom is 0.220 e. The SMILES string of the molecule is C[C@@H]1CCC[C@H](N2CCC(N[C@@H]3CCC(=O)N[C@H]3c3cnn(C)c3)CC2)C1. The Morgan fingerprint density at radius 2 is 2.00 bits per heavy atom. The summed E-state index contributed by atoms with van der Waals surface area (Å²) in [6.45, 7) is 4.84. The maximum absolute atomic E-state index is 12.0. The van der Waals surface area contributed by atoms with Gasteiger partial charge in [0.05, 0.1) is 12.2 Å². The molecule has 4 atom stereocenters. The van der Waals surface area contributed by atoms with Gasteiger partial charge in [0.1, 0.15) is 0 Å². The number of hydrogen-bond donors (Lipinski definition) is 2. The van der Waals surface area contributed by atoms with E-state index in [2.05, 4.69) is 27.6 Å². The molecule has 1 saturated carbocycles. The van der Waals surface area contributed by atoms with Crippen molar-refractivity contribution in [3.8, 4) is 0 Å². The van der Waals surface area contributed by atoms with Crippen molar-refractivity contribution in [2.24, 2.45) is 13.0 Å². The van der Waals surface area contributed by atoms with E-state index in [0.717, 1.165) is 23.9 Å². The molecule has 1 aliphatic carbocycles. The number of carbonyl (C=O) groups is 1. The lowest BCUT2D eigenvalue weighted by molar-refractivity contribution is -0.124. The molecule has 3 heterocycles. The summed E-state index contributed by atoms with van der Waals surface area (Å²) in [7, 11) is 1.93. The molecule has 150 valence electrons. The Balaban J connectivity index is 1.32. The second-order valence-electron chi connectivity index (χ2n) is 9.04. The van der Waals surface area contributed by atoms with E-state index >= 15 is 0 Å². The fourth-order valence-corrected chi connectivity index (χ4v) is 5.36. The van der Waals surface area contributed by atoms with Gasteiger partial charge in [-0.2, -0.15) is 5.10 Å². The second kappa shape index (κ2) is 8.31. The van der Waals surface area contributed by atoms with Gasteiger partial charge in [0, 0.05) is 43.4 Å². The van der Waals surface area contributed by atoms with Gasteiger partial charge in [-0.1, -0.05) is 19.8 Å². The highest BCUT2D eigenvalue weighted by Gasteiger charge is 2.34. The number of likely N-dealkylation sites (tertiary alicyclic amines) is 1. The van der Waals surface area contributed by atoms with Crippen LogP contribution in [0, 0.1) is 5.92 Å². The lowest BCUT2D eigenvalue weighted by Crippen LogP contribution is -2.54. The van der Waals surface area contributed by atoms with Crippen LogP contribution in [0.5, 0.6) is 0 Å². The maximum atomic E-state index is 12.0. The van der Waals surface area contributed by atoms with Crippen molar-refractivity contribution in [2.45, 2.75) is 82.5 Å². The van der Waals surface area contributed by atoms with E-state index < -0.39 is 0 Å². The summed E-state index contributed by atoms with van der Waals surface area (Å²) < 4.78 is 1.82. The zero-order valence-electron chi connectivity index (χ0n) is 16.9. The van der Waals surface area contributed by atoms with Crippen LogP contribution in [-0.4, -0.2) is 51.8 Å². The predicted octanol–water partition coefficient (Wildman–Crippen LogP) is 2.37. The van der Waals surface area contributed by atoms with Crippen LogP contribution in [0.1, 0.15) is 69.9 Å². The molecule has 6 nitrogen and oxygen atoms in total. The Morgan fingerprint density at radius 1 is 1.19 bits per heavy atom. The van der Waals surface area contributed by atoms with Crippen molar-refractivity contribution in [1.82, 2.24) is 25.3 Å². The lowest BCUT2D eigenvalue weighted by Gasteiger charge is -2.42. The van der Waals surface area contributed by atoms with E-state index in [1.807, 2.05) is 24.1 Å². The summed E-state index contributed by atoms with van der Waals surface area (Å²) in [5, 5.41) is 11.4. The first-order valence-corrected chi connectivity index (χ1v) is 10.9. The number of rotatable bonds is 4. The molecule has 3 aliphatic rings. The van der Waals surface area contributed by atoms with Crippen molar-refractivity contribution in [3.63, 3.8) is 0 Å². The van der Waals surface area contributed by atoms with E-state index in [1.165, 1.54) is 51.6 Å². The first-order chi connectivity index (χ1) is 13.1. The van der Waals surface area contributed by atoms with Gasteiger partial charge in [-0.05, 0) is 51.1 Å². The molecule has 0 bridgehead atoms. The molecule has 1 aromatic rings. The second-order valence-corrected chi connectivity index (χ2v) is 9.04. The standard InChI is InChI=1S/C21H35N5O/c1-15-4-3-5-18(12-15)26-10-8-17(9-11-26)23-19-6-7-20(27)24-21(19)16-13-22-25(2)14-16/h13-15,17-19,21,23H,3-12H2,1-2H3,(H,24,27)/t15-,18+,19-,21+/m1/s1. The Bertz CT molecular complexity index is 636. The monoisotopic (exact) mass is 373 g/mol. The predicted molar refractivity (Wildman–Crippen MR) is 106 cm³/mol. The highest BCUT2D eigenvalue weighted by atomic mass is 16.1. The third kappa shape index (κ3) is 4.54. The Morgan fingerprint density at radius 3 is 2.70 bits per heavy atom. The van der Waals surface area contributed by atoms with Gasteiger partial charge in [-0.3, -0.25) is 9.48 Å². The third-order valence-electron chi connectivity index (χ3n) is 6.89. The Labute approximate surface area is 163 Å². The quantitative estimate of drug-likeness (QED) is 0.851. The average Bonchev–Trinajstić information content (AvgIpc) is 3.10. The zero-order valence-corrected chi connectivity index (χ0v) is 16.9. The van der Waals surface area contributed by atoms with E-state index in [-0.39, 0.29) is 11.9 Å². The molecule has 6 heteroatoms. The molecule has 27 heavy (non-hydrogen) atoms. The smallest absolute Gasteiger partial charge is 0.220 e. The van der Waals surface area contributed by atoms with E-state index in [1.54, 1.807) is 0 Å². The first kappa shape index (κ1) is 18.9. The van der Waals surface area contributed by atoms with E-state index in [4.69, 9.17) is 0 Å². The minimum Gasteiger partial charge on any atom is -0.348 e. The summed E-state index contributed by atoms with van der Waals surface area (Å²) in [6.07, 6.45) is 13.5. The molecule has 2 aliphatic heterocycles.